The van der Waals surface area contributed by atoms with Crippen molar-refractivity contribution >= 4 is 17.5 Å². The van der Waals surface area contributed by atoms with Gasteiger partial charge in [-0.25, -0.2) is 4.39 Å². The van der Waals surface area contributed by atoms with Gasteiger partial charge in [0.15, 0.2) is 17.1 Å². The molecule has 0 saturated heterocycles. The number of fused-ring (bicyclic) bond motifs is 5. The van der Waals surface area contributed by atoms with E-state index < -0.39 is 64.3 Å². The average Bonchev–Trinajstić information content (AvgIpc) is 2.96. The van der Waals surface area contributed by atoms with Crippen LogP contribution in [0.2, 0.25) is 0 Å². The molecule has 0 spiro atoms. The van der Waals surface area contributed by atoms with Gasteiger partial charge in [0.2, 0.25) is 5.78 Å². The fraction of sp³-hybridized carbons (Fsp3) is 0.731. The summed E-state index contributed by atoms with van der Waals surface area (Å²) in [7, 11) is 0. The lowest BCUT2D eigenvalue weighted by molar-refractivity contribution is -0.229. The second-order valence-corrected chi connectivity index (χ2v) is 11.3. The summed E-state index contributed by atoms with van der Waals surface area (Å²) in [5.74, 6) is -3.20. The standard InChI is InChI=1S/C26H35FO6/c1-14(2)22(32)33-26(21(31)13-28)15(3)10-19-18-7-6-16-11-17(29)8-9-23(16,4)25(18,27)20(30)12-24(19,26)5/h8-9,11,14-15,18-20,28,30H,6-7,10,12-13H2,1-5H3/t15-,18+,19+,20+,23+,24+,25+,26+/m1/s1. The third kappa shape index (κ3) is 2.87. The molecule has 4 aliphatic rings. The van der Waals surface area contributed by atoms with Gasteiger partial charge in [-0.2, -0.15) is 0 Å². The molecule has 4 rings (SSSR count). The van der Waals surface area contributed by atoms with Gasteiger partial charge < -0.3 is 14.9 Å². The van der Waals surface area contributed by atoms with E-state index in [2.05, 4.69) is 0 Å². The van der Waals surface area contributed by atoms with E-state index in [0.717, 1.165) is 0 Å². The topological polar surface area (TPSA) is 101 Å². The quantitative estimate of drug-likeness (QED) is 0.623. The largest absolute Gasteiger partial charge is 0.450 e. The minimum Gasteiger partial charge on any atom is -0.450 e. The summed E-state index contributed by atoms with van der Waals surface area (Å²) in [6.45, 7) is 7.91. The molecular weight excluding hydrogens is 427 g/mol. The van der Waals surface area contributed by atoms with E-state index in [1.807, 2.05) is 6.92 Å². The second-order valence-electron chi connectivity index (χ2n) is 11.3. The highest BCUT2D eigenvalue weighted by atomic mass is 19.1. The van der Waals surface area contributed by atoms with E-state index in [0.29, 0.717) is 24.8 Å². The SMILES string of the molecule is CC(C)C(=O)O[C@]1(C(=O)CO)[C@H](C)C[C@H]2[C@@H]3CCC4=CC(=O)C=C[C@]4(C)[C@@]3(F)[C@@H](O)C[C@@]21C. The van der Waals surface area contributed by atoms with Crippen molar-refractivity contribution in [2.24, 2.45) is 34.5 Å². The molecule has 0 aromatic rings. The minimum atomic E-state index is -2.03. The fourth-order valence-electron chi connectivity index (χ4n) is 7.79. The number of halogens is 1. The Hall–Kier alpha value is -1.86. The summed E-state index contributed by atoms with van der Waals surface area (Å²) in [4.78, 5) is 38.0. The summed E-state index contributed by atoms with van der Waals surface area (Å²) in [6.07, 6.45) is 4.30. The molecule has 0 aromatic heterocycles. The lowest BCUT2D eigenvalue weighted by atomic mass is 9.44. The molecule has 8 atom stereocenters. The van der Waals surface area contributed by atoms with Crippen LogP contribution in [0, 0.1) is 34.5 Å². The first kappa shape index (κ1) is 24.3. The molecule has 0 bridgehead atoms. The molecule has 3 saturated carbocycles. The molecule has 6 nitrogen and oxygen atoms in total. The summed E-state index contributed by atoms with van der Waals surface area (Å²) < 4.78 is 23.2. The zero-order valence-electron chi connectivity index (χ0n) is 20.1. The molecule has 2 N–H and O–H groups in total. The maximum absolute atomic E-state index is 17.2. The molecule has 182 valence electrons. The monoisotopic (exact) mass is 462 g/mol. The van der Waals surface area contributed by atoms with Crippen LogP contribution in [-0.4, -0.2) is 51.7 Å². The van der Waals surface area contributed by atoms with Crippen LogP contribution in [-0.2, 0) is 19.1 Å². The van der Waals surface area contributed by atoms with E-state index in [-0.39, 0.29) is 18.1 Å². The van der Waals surface area contributed by atoms with Crippen LogP contribution >= 0.6 is 0 Å². The van der Waals surface area contributed by atoms with Crippen LogP contribution in [0.1, 0.15) is 60.3 Å². The second kappa shape index (κ2) is 7.57. The summed E-state index contributed by atoms with van der Waals surface area (Å²) in [5, 5.41) is 21.3. The number of esters is 1. The van der Waals surface area contributed by atoms with E-state index in [1.54, 1.807) is 33.8 Å². The van der Waals surface area contributed by atoms with E-state index >= 15 is 4.39 Å². The predicted molar refractivity (Wildman–Crippen MR) is 119 cm³/mol. The zero-order valence-corrected chi connectivity index (χ0v) is 20.1. The molecular formula is C26H35FO6. The maximum atomic E-state index is 17.2. The first-order chi connectivity index (χ1) is 15.3. The Morgan fingerprint density at radius 3 is 2.55 bits per heavy atom. The normalized spacial score (nSPS) is 46.3. The molecule has 0 aliphatic heterocycles. The number of hydrogen-bond donors (Lipinski definition) is 2. The Kier molecular flexibility index (Phi) is 5.57. The molecule has 0 heterocycles. The molecule has 0 unspecified atom stereocenters. The van der Waals surface area contributed by atoms with Crippen molar-refractivity contribution in [3.63, 3.8) is 0 Å². The Morgan fingerprint density at radius 2 is 1.94 bits per heavy atom. The summed E-state index contributed by atoms with van der Waals surface area (Å²) in [6, 6.07) is 0. The zero-order chi connectivity index (χ0) is 24.6. The smallest absolute Gasteiger partial charge is 0.309 e. The number of aliphatic hydroxyl groups excluding tert-OH is 2. The number of alkyl halides is 1. The molecule has 33 heavy (non-hydrogen) atoms. The predicted octanol–water partition coefficient (Wildman–Crippen LogP) is 3.10. The number of carbonyl (C=O) groups excluding carboxylic acids is 3. The van der Waals surface area contributed by atoms with Crippen molar-refractivity contribution in [1.82, 2.24) is 0 Å². The lowest BCUT2D eigenvalue weighted by Crippen LogP contribution is -2.70. The first-order valence-electron chi connectivity index (χ1n) is 12.0. The number of carbonyl (C=O) groups is 3. The number of rotatable bonds is 4. The van der Waals surface area contributed by atoms with Gasteiger partial charge in [-0.05, 0) is 50.7 Å². The molecule has 0 radical (unpaired) electrons. The number of hydrogen-bond acceptors (Lipinski definition) is 6. The van der Waals surface area contributed by atoms with Crippen molar-refractivity contribution in [3.05, 3.63) is 23.8 Å². The summed E-state index contributed by atoms with van der Waals surface area (Å²) >= 11 is 0. The van der Waals surface area contributed by atoms with E-state index in [1.165, 1.54) is 12.2 Å². The number of allylic oxidation sites excluding steroid dienone is 4. The molecule has 0 aromatic carbocycles. The summed E-state index contributed by atoms with van der Waals surface area (Å²) in [5.41, 5.74) is -5.15. The molecule has 3 fully saturated rings. The van der Waals surface area contributed by atoms with Gasteiger partial charge in [0, 0.05) is 22.7 Å². The fourth-order valence-corrected chi connectivity index (χ4v) is 7.79. The number of Topliss-reactive ketones (excluding diaryl/α,β-unsaturated/α-hetero) is 1. The van der Waals surface area contributed by atoms with Gasteiger partial charge in [0.1, 0.15) is 6.61 Å². The van der Waals surface area contributed by atoms with Crippen LogP contribution in [0.3, 0.4) is 0 Å². The Bertz CT molecular complexity index is 954. The number of aliphatic hydroxyl groups is 2. The van der Waals surface area contributed by atoms with Gasteiger partial charge >= 0.3 is 5.97 Å². The average molecular weight is 463 g/mol. The van der Waals surface area contributed by atoms with Gasteiger partial charge in [0.05, 0.1) is 12.0 Å². The van der Waals surface area contributed by atoms with Crippen molar-refractivity contribution < 1.29 is 33.7 Å². The maximum Gasteiger partial charge on any atom is 0.309 e. The Labute approximate surface area is 194 Å². The van der Waals surface area contributed by atoms with Crippen LogP contribution in [0.5, 0.6) is 0 Å². The number of ketones is 2. The van der Waals surface area contributed by atoms with Crippen molar-refractivity contribution in [3.8, 4) is 0 Å². The van der Waals surface area contributed by atoms with Crippen molar-refractivity contribution in [2.45, 2.75) is 77.7 Å². The van der Waals surface area contributed by atoms with Gasteiger partial charge in [-0.15, -0.1) is 0 Å². The van der Waals surface area contributed by atoms with Gasteiger partial charge in [0.25, 0.3) is 0 Å². The van der Waals surface area contributed by atoms with E-state index in [9.17, 15) is 24.6 Å². The van der Waals surface area contributed by atoms with Crippen LogP contribution in [0.25, 0.3) is 0 Å². The molecule has 0 amide bonds. The van der Waals surface area contributed by atoms with Crippen LogP contribution in [0.4, 0.5) is 4.39 Å². The third-order valence-corrected chi connectivity index (χ3v) is 9.47. The van der Waals surface area contributed by atoms with Crippen molar-refractivity contribution in [1.29, 1.82) is 0 Å². The Morgan fingerprint density at radius 1 is 1.27 bits per heavy atom. The van der Waals surface area contributed by atoms with Gasteiger partial charge in [-0.1, -0.05) is 39.3 Å². The Balaban J connectivity index is 1.85. The van der Waals surface area contributed by atoms with Crippen LogP contribution < -0.4 is 0 Å². The highest BCUT2D eigenvalue weighted by Crippen LogP contribution is 2.71. The lowest BCUT2D eigenvalue weighted by Gasteiger charge is -2.62. The van der Waals surface area contributed by atoms with Crippen LogP contribution in [0.15, 0.2) is 23.8 Å². The molecule has 7 heteroatoms. The number of ether oxygens (including phenoxy) is 1. The molecule has 4 aliphatic carbocycles. The minimum absolute atomic E-state index is 0.0865. The highest BCUT2D eigenvalue weighted by molar-refractivity contribution is 6.01. The highest BCUT2D eigenvalue weighted by Gasteiger charge is 2.77. The first-order valence-corrected chi connectivity index (χ1v) is 12.0. The third-order valence-electron chi connectivity index (χ3n) is 9.47. The van der Waals surface area contributed by atoms with Gasteiger partial charge in [-0.3, -0.25) is 14.4 Å². The van der Waals surface area contributed by atoms with E-state index in [4.69, 9.17) is 4.74 Å². The van der Waals surface area contributed by atoms with Crippen molar-refractivity contribution in [2.75, 3.05) is 6.61 Å².